The molecule has 1 fully saturated rings. The Bertz CT molecular complexity index is 61.8. The molecule has 2 nitrogen and oxygen atoms in total. The van der Waals surface area contributed by atoms with Gasteiger partial charge in [-0.3, -0.25) is 9.50 Å². The molecule has 1 atom stereocenters. The molecule has 6 heavy (non-hydrogen) atoms. The van der Waals surface area contributed by atoms with Crippen LogP contribution in [0.5, 0.6) is 0 Å². The Kier molecular flexibility index (Phi) is 0.825. The molecule has 1 saturated heterocycles. The average molecular weight is 105 g/mol. The first-order chi connectivity index (χ1) is 2.77. The van der Waals surface area contributed by atoms with E-state index in [4.69, 9.17) is 4.18 Å². The highest BCUT2D eigenvalue weighted by Crippen LogP contribution is 2.43. The monoisotopic (exact) mass is 105 g/mol. The maximum absolute atomic E-state index is 4.85. The van der Waals surface area contributed by atoms with Crippen molar-refractivity contribution >= 4 is 12.0 Å². The van der Waals surface area contributed by atoms with Crippen molar-refractivity contribution in [3.8, 4) is 0 Å². The fraction of sp³-hybridized carbons (Fsp3) is 1.00. The van der Waals surface area contributed by atoms with Gasteiger partial charge in [-0.2, -0.15) is 0 Å². The first kappa shape index (κ1) is 4.43. The van der Waals surface area contributed by atoms with Crippen LogP contribution >= 0.6 is 12.0 Å². The zero-order valence-corrected chi connectivity index (χ0v) is 4.63. The summed E-state index contributed by atoms with van der Waals surface area (Å²) in [6.07, 6.45) is 0. The van der Waals surface area contributed by atoms with E-state index in [1.165, 1.54) is 12.0 Å². The normalized spacial score (nSPS) is 43.0. The van der Waals surface area contributed by atoms with E-state index in [0.29, 0.717) is 0 Å². The Morgan fingerprint density at radius 1 is 1.83 bits per heavy atom. The summed E-state index contributed by atoms with van der Waals surface area (Å²) in [5.74, 6) is 0. The molecule has 0 spiro atoms. The lowest BCUT2D eigenvalue weighted by molar-refractivity contribution is 0.303. The van der Waals surface area contributed by atoms with Crippen molar-refractivity contribution in [3.63, 3.8) is 0 Å². The van der Waals surface area contributed by atoms with Crippen LogP contribution in [0.1, 0.15) is 6.92 Å². The van der Waals surface area contributed by atoms with E-state index < -0.39 is 0 Å². The van der Waals surface area contributed by atoms with E-state index in [9.17, 15) is 0 Å². The van der Waals surface area contributed by atoms with Crippen molar-refractivity contribution in [2.45, 2.75) is 12.0 Å². The van der Waals surface area contributed by atoms with Crippen molar-refractivity contribution in [2.75, 3.05) is 7.05 Å². The highest BCUT2D eigenvalue weighted by atomic mass is 32.2. The van der Waals surface area contributed by atoms with Crippen LogP contribution in [0.3, 0.4) is 0 Å². The van der Waals surface area contributed by atoms with Gasteiger partial charge >= 0.3 is 0 Å². The van der Waals surface area contributed by atoms with Crippen molar-refractivity contribution in [1.82, 2.24) is 5.32 Å². The molecule has 0 radical (unpaired) electrons. The summed E-state index contributed by atoms with van der Waals surface area (Å²) in [6.45, 7) is 1.98. The molecule has 3 heteroatoms. The third kappa shape index (κ3) is 0.668. The molecule has 0 aromatic carbocycles. The van der Waals surface area contributed by atoms with Gasteiger partial charge in [0.1, 0.15) is 0 Å². The quantitative estimate of drug-likeness (QED) is 0.389. The van der Waals surface area contributed by atoms with Gasteiger partial charge < -0.3 is 0 Å². The highest BCUT2D eigenvalue weighted by Gasteiger charge is 2.40. The fourth-order valence-electron chi connectivity index (χ4n) is 0.146. The summed E-state index contributed by atoms with van der Waals surface area (Å²) < 4.78 is 4.85. The molecule has 1 aliphatic heterocycles. The molecule has 1 heterocycles. The first-order valence-corrected chi connectivity index (χ1v) is 2.57. The molecule has 1 N–H and O–H groups in total. The molecule has 0 bridgehead atoms. The van der Waals surface area contributed by atoms with Gasteiger partial charge in [-0.05, 0) is 14.0 Å². The molecule has 1 unspecified atom stereocenters. The van der Waals surface area contributed by atoms with E-state index >= 15 is 0 Å². The SMILES string of the molecule is CNC1(C)OS1. The van der Waals surface area contributed by atoms with E-state index in [1.54, 1.807) is 0 Å². The second kappa shape index (κ2) is 1.12. The summed E-state index contributed by atoms with van der Waals surface area (Å²) in [7, 11) is 1.88. The second-order valence-electron chi connectivity index (χ2n) is 1.36. The van der Waals surface area contributed by atoms with Gasteiger partial charge in [-0.15, -0.1) is 0 Å². The Morgan fingerprint density at radius 2 is 2.33 bits per heavy atom. The summed E-state index contributed by atoms with van der Waals surface area (Å²) in [6, 6.07) is 0. The molecule has 0 aliphatic carbocycles. The van der Waals surface area contributed by atoms with Crippen LogP contribution in [-0.4, -0.2) is 12.1 Å². The Hall–Kier alpha value is 0.270. The maximum Gasteiger partial charge on any atom is 0.202 e. The maximum atomic E-state index is 4.85. The van der Waals surface area contributed by atoms with Crippen LogP contribution in [0.2, 0.25) is 0 Å². The number of hydrogen-bond donors (Lipinski definition) is 1. The molecule has 0 aromatic heterocycles. The van der Waals surface area contributed by atoms with Crippen molar-refractivity contribution in [2.24, 2.45) is 0 Å². The first-order valence-electron chi connectivity index (χ1n) is 1.82. The van der Waals surface area contributed by atoms with Crippen LogP contribution in [0.4, 0.5) is 0 Å². The molecule has 0 amide bonds. The Morgan fingerprint density at radius 3 is 2.33 bits per heavy atom. The molecule has 1 aliphatic rings. The number of hydrogen-bond acceptors (Lipinski definition) is 3. The van der Waals surface area contributed by atoms with Crippen LogP contribution < -0.4 is 5.32 Å². The van der Waals surface area contributed by atoms with Crippen molar-refractivity contribution < 1.29 is 4.18 Å². The summed E-state index contributed by atoms with van der Waals surface area (Å²) >= 11 is 1.46. The predicted molar refractivity (Wildman–Crippen MR) is 26.1 cm³/mol. The minimum atomic E-state index is -0.0417. The van der Waals surface area contributed by atoms with E-state index in [0.717, 1.165) is 0 Å². The van der Waals surface area contributed by atoms with Gasteiger partial charge in [0.05, 0.1) is 0 Å². The lowest BCUT2D eigenvalue weighted by Gasteiger charge is -1.93. The highest BCUT2D eigenvalue weighted by molar-refractivity contribution is 8.01. The average Bonchev–Trinajstić information content (AvgIpc) is 2.22. The number of nitrogens with one attached hydrogen (secondary N) is 1. The summed E-state index contributed by atoms with van der Waals surface area (Å²) in [5, 5.41) is 2.91. The predicted octanol–water partition coefficient (Wildman–Crippen LogP) is 0.558. The van der Waals surface area contributed by atoms with Crippen molar-refractivity contribution in [1.29, 1.82) is 0 Å². The van der Waals surface area contributed by atoms with Crippen LogP contribution in [0.25, 0.3) is 0 Å². The topological polar surface area (TPSA) is 24.6 Å². The zero-order chi connectivity index (χ0) is 4.62. The Labute approximate surface area is 41.5 Å². The van der Waals surface area contributed by atoms with E-state index in [-0.39, 0.29) is 5.06 Å². The van der Waals surface area contributed by atoms with Gasteiger partial charge in [-0.25, -0.2) is 0 Å². The third-order valence-corrected chi connectivity index (χ3v) is 1.66. The lowest BCUT2D eigenvalue weighted by atomic mass is 10.7. The molecule has 0 aromatic rings. The molecule has 36 valence electrons. The fourth-order valence-corrected chi connectivity index (χ4v) is 0.438. The molecular weight excluding hydrogens is 98.1 g/mol. The smallest absolute Gasteiger partial charge is 0.202 e. The van der Waals surface area contributed by atoms with Gasteiger partial charge in [0.25, 0.3) is 0 Å². The van der Waals surface area contributed by atoms with Crippen LogP contribution in [-0.2, 0) is 4.18 Å². The molecule has 0 saturated carbocycles. The van der Waals surface area contributed by atoms with Crippen molar-refractivity contribution in [3.05, 3.63) is 0 Å². The van der Waals surface area contributed by atoms with Gasteiger partial charge in [0.2, 0.25) is 5.06 Å². The Balaban J connectivity index is 2.28. The van der Waals surface area contributed by atoms with Crippen LogP contribution in [0, 0.1) is 0 Å². The second-order valence-corrected chi connectivity index (χ2v) is 2.47. The summed E-state index contributed by atoms with van der Waals surface area (Å²) in [4.78, 5) is 0. The minimum Gasteiger partial charge on any atom is -0.281 e. The van der Waals surface area contributed by atoms with Gasteiger partial charge in [-0.1, -0.05) is 0 Å². The van der Waals surface area contributed by atoms with Gasteiger partial charge in [0, 0.05) is 12.0 Å². The van der Waals surface area contributed by atoms with E-state index in [2.05, 4.69) is 5.32 Å². The van der Waals surface area contributed by atoms with Gasteiger partial charge in [0.15, 0.2) is 0 Å². The van der Waals surface area contributed by atoms with E-state index in [1.807, 2.05) is 14.0 Å². The molecule has 1 rings (SSSR count). The number of rotatable bonds is 1. The standard InChI is InChI=1S/C3H7NOS/c1-3(4-2)5-6-3/h4H,1-2H3. The third-order valence-electron chi connectivity index (χ3n) is 0.787. The molecular formula is C3H7NOS. The largest absolute Gasteiger partial charge is 0.281 e. The van der Waals surface area contributed by atoms with Crippen LogP contribution in [0.15, 0.2) is 0 Å². The zero-order valence-electron chi connectivity index (χ0n) is 3.82. The lowest BCUT2D eigenvalue weighted by Crippen LogP contribution is -2.21. The minimum absolute atomic E-state index is 0.0417. The summed E-state index contributed by atoms with van der Waals surface area (Å²) in [5.41, 5.74) is 0.